The van der Waals surface area contributed by atoms with Crippen molar-refractivity contribution < 1.29 is 47.8 Å². The zero-order valence-corrected chi connectivity index (χ0v) is 40.7. The fraction of sp³-hybridized carbons (Fsp3) is 0.731. The quantitative estimate of drug-likeness (QED) is 0.0233. The highest BCUT2D eigenvalue weighted by Crippen LogP contribution is 2.43. The molecule has 10 nitrogen and oxygen atoms in total. The first-order chi connectivity index (χ1) is 30.8. The first kappa shape index (κ1) is 60.4. The summed E-state index contributed by atoms with van der Waals surface area (Å²) in [6, 6.07) is 0. The maximum absolute atomic E-state index is 12.4. The maximum atomic E-state index is 12.4. The minimum atomic E-state index is -4.65. The van der Waals surface area contributed by atoms with Crippen LogP contribution in [-0.4, -0.2) is 65.7 Å². The zero-order chi connectivity index (χ0) is 46.2. The Morgan fingerprint density at radius 2 is 0.746 bits per heavy atom. The van der Waals surface area contributed by atoms with Crippen molar-refractivity contribution in [2.45, 2.75) is 219 Å². The number of rotatable bonds is 46. The van der Waals surface area contributed by atoms with Crippen LogP contribution in [0.5, 0.6) is 0 Å². The Labute approximate surface area is 384 Å². The van der Waals surface area contributed by atoms with Gasteiger partial charge in [0.25, 0.3) is 0 Å². The average Bonchev–Trinajstić information content (AvgIpc) is 3.27. The Kier molecular flexibility index (Phi) is 45.4. The number of esters is 2. The molecule has 3 atom stereocenters. The molecule has 0 fully saturated rings. The van der Waals surface area contributed by atoms with Crippen LogP contribution in [0.3, 0.4) is 0 Å². The molecule has 0 aromatic rings. The molecule has 0 saturated carbocycles. The summed E-state index contributed by atoms with van der Waals surface area (Å²) < 4.78 is 32.7. The number of phosphoric acid groups is 1. The second-order valence-corrected chi connectivity index (χ2v) is 17.9. The van der Waals surface area contributed by atoms with Gasteiger partial charge in [0.1, 0.15) is 12.2 Å². The van der Waals surface area contributed by atoms with Gasteiger partial charge in [-0.05, 0) is 83.5 Å². The Morgan fingerprint density at radius 1 is 0.444 bits per heavy atom. The molecule has 0 aliphatic carbocycles. The van der Waals surface area contributed by atoms with Gasteiger partial charge >= 0.3 is 19.8 Å². The molecule has 0 aliphatic rings. The third-order valence-corrected chi connectivity index (χ3v) is 11.4. The van der Waals surface area contributed by atoms with E-state index in [0.29, 0.717) is 12.8 Å². The van der Waals surface area contributed by atoms with Crippen LogP contribution < -0.4 is 0 Å². The molecular formula is C52H91O10P. The van der Waals surface area contributed by atoms with E-state index in [2.05, 4.69) is 86.8 Å². The molecule has 0 amide bonds. The molecule has 0 radical (unpaired) electrons. The van der Waals surface area contributed by atoms with Crippen LogP contribution in [-0.2, 0) is 32.7 Å². The zero-order valence-electron chi connectivity index (χ0n) is 39.8. The largest absolute Gasteiger partial charge is 0.472 e. The van der Waals surface area contributed by atoms with Crippen LogP contribution in [0.2, 0.25) is 0 Å². The molecule has 3 unspecified atom stereocenters. The van der Waals surface area contributed by atoms with E-state index in [4.69, 9.17) is 18.5 Å². The molecule has 0 saturated heterocycles. The molecule has 63 heavy (non-hydrogen) atoms. The summed E-state index contributed by atoms with van der Waals surface area (Å²) in [6.07, 6.45) is 55.8. The smallest absolute Gasteiger partial charge is 0.457 e. The highest BCUT2D eigenvalue weighted by molar-refractivity contribution is 7.47. The van der Waals surface area contributed by atoms with Gasteiger partial charge in [0.15, 0.2) is 0 Å². The van der Waals surface area contributed by atoms with Crippen LogP contribution in [0, 0.1) is 0 Å². The molecule has 0 bridgehead atoms. The van der Waals surface area contributed by atoms with E-state index in [1.54, 1.807) is 0 Å². The SMILES string of the molecule is CC/C=C\C/C=C\C/C=C\C/C=C\CCCCCCCCC(=O)OC(CO)COP(=O)(O)OCC(CO)OC(=O)CCCCCCCCCCC/C=C\C/C=C\CCCCCCC. The molecule has 0 aliphatic heterocycles. The normalized spacial score (nSPS) is 14.3. The van der Waals surface area contributed by atoms with Crippen LogP contribution in [0.1, 0.15) is 206 Å². The number of aliphatic hydroxyl groups is 2. The van der Waals surface area contributed by atoms with E-state index in [0.717, 1.165) is 96.3 Å². The lowest BCUT2D eigenvalue weighted by Gasteiger charge is -2.20. The van der Waals surface area contributed by atoms with Gasteiger partial charge in [-0.25, -0.2) is 4.57 Å². The van der Waals surface area contributed by atoms with Crippen molar-refractivity contribution in [2.24, 2.45) is 0 Å². The fourth-order valence-corrected chi connectivity index (χ4v) is 7.39. The molecule has 0 rings (SSSR count). The second kappa shape index (κ2) is 47.4. The molecule has 0 heterocycles. The van der Waals surface area contributed by atoms with Crippen LogP contribution in [0.4, 0.5) is 0 Å². The third kappa shape index (κ3) is 45.8. The average molecular weight is 907 g/mol. The second-order valence-electron chi connectivity index (χ2n) is 16.4. The minimum absolute atomic E-state index is 0.172. The van der Waals surface area contributed by atoms with E-state index in [1.807, 2.05) is 0 Å². The minimum Gasteiger partial charge on any atom is -0.457 e. The molecule has 364 valence electrons. The summed E-state index contributed by atoms with van der Waals surface area (Å²) in [5, 5.41) is 19.2. The molecule has 11 heteroatoms. The summed E-state index contributed by atoms with van der Waals surface area (Å²) in [7, 11) is -4.65. The van der Waals surface area contributed by atoms with Crippen molar-refractivity contribution in [1.82, 2.24) is 0 Å². The van der Waals surface area contributed by atoms with E-state index in [-0.39, 0.29) is 12.8 Å². The number of unbranched alkanes of at least 4 members (excludes halogenated alkanes) is 20. The Hall–Kier alpha value is -2.59. The van der Waals surface area contributed by atoms with E-state index < -0.39 is 58.4 Å². The number of hydrogen-bond acceptors (Lipinski definition) is 9. The lowest BCUT2D eigenvalue weighted by atomic mass is 10.1. The molecule has 0 aromatic carbocycles. The number of hydrogen-bond donors (Lipinski definition) is 3. The van der Waals surface area contributed by atoms with Gasteiger partial charge in [0, 0.05) is 12.8 Å². The number of carbonyl (C=O) groups excluding carboxylic acids is 2. The number of allylic oxidation sites excluding steroid dienone is 12. The Bertz CT molecular complexity index is 1270. The van der Waals surface area contributed by atoms with Gasteiger partial charge < -0.3 is 24.6 Å². The number of carbonyl (C=O) groups is 2. The van der Waals surface area contributed by atoms with E-state index >= 15 is 0 Å². The van der Waals surface area contributed by atoms with Gasteiger partial charge in [0.2, 0.25) is 0 Å². The van der Waals surface area contributed by atoms with Gasteiger partial charge in [-0.15, -0.1) is 0 Å². The maximum Gasteiger partial charge on any atom is 0.472 e. The number of phosphoric ester groups is 1. The van der Waals surface area contributed by atoms with Crippen LogP contribution >= 0.6 is 7.82 Å². The number of ether oxygens (including phenoxy) is 2. The summed E-state index contributed by atoms with van der Waals surface area (Å²) >= 11 is 0. The van der Waals surface area contributed by atoms with Crippen LogP contribution in [0.15, 0.2) is 72.9 Å². The molecule has 3 N–H and O–H groups in total. The molecule has 0 spiro atoms. The van der Waals surface area contributed by atoms with Gasteiger partial charge in [-0.3, -0.25) is 18.6 Å². The summed E-state index contributed by atoms with van der Waals surface area (Å²) in [5.41, 5.74) is 0. The Balaban J connectivity index is 3.89. The molecular weight excluding hydrogens is 816 g/mol. The lowest BCUT2D eigenvalue weighted by molar-refractivity contribution is -0.153. The highest BCUT2D eigenvalue weighted by Gasteiger charge is 2.27. The van der Waals surface area contributed by atoms with Crippen molar-refractivity contribution in [2.75, 3.05) is 26.4 Å². The predicted molar refractivity (Wildman–Crippen MR) is 260 cm³/mol. The molecule has 0 aromatic heterocycles. The van der Waals surface area contributed by atoms with E-state index in [9.17, 15) is 29.3 Å². The van der Waals surface area contributed by atoms with Crippen molar-refractivity contribution >= 4 is 19.8 Å². The number of aliphatic hydroxyl groups excluding tert-OH is 2. The first-order valence-corrected chi connectivity index (χ1v) is 26.4. The Morgan fingerprint density at radius 3 is 1.08 bits per heavy atom. The highest BCUT2D eigenvalue weighted by atomic mass is 31.2. The lowest BCUT2D eigenvalue weighted by Crippen LogP contribution is -2.28. The monoisotopic (exact) mass is 907 g/mol. The van der Waals surface area contributed by atoms with E-state index in [1.165, 1.54) is 70.6 Å². The van der Waals surface area contributed by atoms with Gasteiger partial charge in [-0.1, -0.05) is 183 Å². The van der Waals surface area contributed by atoms with Crippen molar-refractivity contribution in [1.29, 1.82) is 0 Å². The summed E-state index contributed by atoms with van der Waals surface area (Å²) in [5.74, 6) is -1.04. The van der Waals surface area contributed by atoms with Crippen molar-refractivity contribution in [3.05, 3.63) is 72.9 Å². The standard InChI is InChI=1S/C52H91O10P/c1-3-5-7-9-11-13-15-17-19-21-23-24-26-28-30-32-34-36-38-40-42-44-52(56)62-50(46-54)48-60-63(57,58)59-47-49(45-53)61-51(55)43-41-39-37-35-33-31-29-27-25-22-20-18-16-14-12-10-8-6-4-2/h6,8,12,14-15,17-18,20-21,23,25,27,49-50,53-54H,3-5,7,9-11,13,16,19,22,24,26,28-48H2,1-2H3,(H,57,58)/b8-6-,14-12-,17-15-,20-18-,23-21-,27-25-. The third-order valence-electron chi connectivity index (χ3n) is 10.4. The summed E-state index contributed by atoms with van der Waals surface area (Å²) in [4.78, 5) is 34.7. The first-order valence-electron chi connectivity index (χ1n) is 24.9. The topological polar surface area (TPSA) is 149 Å². The van der Waals surface area contributed by atoms with Crippen molar-refractivity contribution in [3.8, 4) is 0 Å². The van der Waals surface area contributed by atoms with Gasteiger partial charge in [0.05, 0.1) is 26.4 Å². The predicted octanol–water partition coefficient (Wildman–Crippen LogP) is 14.0. The fourth-order valence-electron chi connectivity index (χ4n) is 6.61. The summed E-state index contributed by atoms with van der Waals surface area (Å²) in [6.45, 7) is 2.08. The van der Waals surface area contributed by atoms with Gasteiger partial charge in [-0.2, -0.15) is 0 Å². The van der Waals surface area contributed by atoms with Crippen molar-refractivity contribution in [3.63, 3.8) is 0 Å². The van der Waals surface area contributed by atoms with Crippen LogP contribution in [0.25, 0.3) is 0 Å².